The molecule has 3 rings (SSSR count). The fraction of sp³-hybridized carbons (Fsp3) is 0.444. The molecule has 0 unspecified atom stereocenters. The summed E-state index contributed by atoms with van der Waals surface area (Å²) in [7, 11) is 0. The Hall–Kier alpha value is -2.16. The van der Waals surface area contributed by atoms with Crippen molar-refractivity contribution >= 4 is 16.6 Å². The van der Waals surface area contributed by atoms with E-state index in [4.69, 9.17) is 5.11 Å². The van der Waals surface area contributed by atoms with E-state index >= 15 is 0 Å². The van der Waals surface area contributed by atoms with Gasteiger partial charge in [0.15, 0.2) is 0 Å². The zero-order chi connectivity index (χ0) is 16.2. The van der Waals surface area contributed by atoms with Crippen LogP contribution in [0.3, 0.4) is 0 Å². The topological polar surface area (TPSA) is 63.4 Å². The van der Waals surface area contributed by atoms with E-state index < -0.39 is 0 Å². The molecule has 0 spiro atoms. The number of hydrogen-bond acceptors (Lipinski definition) is 5. The zero-order valence-corrected chi connectivity index (χ0v) is 13.5. The van der Waals surface area contributed by atoms with Crippen LogP contribution in [0.25, 0.3) is 10.9 Å². The smallest absolute Gasteiger partial charge is 0.103 e. The van der Waals surface area contributed by atoms with Crippen LogP contribution in [0.15, 0.2) is 24.4 Å². The number of rotatable bonds is 4. The maximum absolute atomic E-state index is 9.51. The van der Waals surface area contributed by atoms with Crippen LogP contribution >= 0.6 is 0 Å². The van der Waals surface area contributed by atoms with Crippen molar-refractivity contribution in [3.63, 3.8) is 0 Å². The minimum Gasteiger partial charge on any atom is -0.395 e. The largest absolute Gasteiger partial charge is 0.395 e. The molecule has 1 aromatic heterocycles. The molecule has 0 saturated carbocycles. The van der Waals surface area contributed by atoms with Gasteiger partial charge < -0.3 is 10.0 Å². The molecule has 1 N–H and O–H groups in total. The molecule has 5 nitrogen and oxygen atoms in total. The molecule has 1 fully saturated rings. The quantitative estimate of drug-likeness (QED) is 0.932. The van der Waals surface area contributed by atoms with E-state index in [1.54, 1.807) is 6.20 Å². The first-order chi connectivity index (χ1) is 11.3. The van der Waals surface area contributed by atoms with Crippen LogP contribution in [-0.4, -0.2) is 54.3 Å². The van der Waals surface area contributed by atoms with Crippen molar-refractivity contribution in [2.24, 2.45) is 0 Å². The van der Waals surface area contributed by atoms with Gasteiger partial charge in [-0.25, -0.2) is 0 Å². The van der Waals surface area contributed by atoms with Crippen molar-refractivity contribution in [2.45, 2.75) is 13.3 Å². The Labute approximate surface area is 136 Å². The summed E-state index contributed by atoms with van der Waals surface area (Å²) in [6, 6.07) is 8.52. The Balaban J connectivity index is 2.01. The number of aryl methyl sites for hydroxylation is 1. The molecule has 0 atom stereocenters. The highest BCUT2D eigenvalue weighted by molar-refractivity contribution is 5.96. The molecule has 2 aromatic rings. The summed E-state index contributed by atoms with van der Waals surface area (Å²) in [5, 5.41) is 19.7. The number of anilines is 1. The first kappa shape index (κ1) is 15.7. The van der Waals surface area contributed by atoms with E-state index in [2.05, 4.69) is 46.0 Å². The van der Waals surface area contributed by atoms with Gasteiger partial charge in [-0.05, 0) is 12.0 Å². The van der Waals surface area contributed by atoms with Gasteiger partial charge in [-0.2, -0.15) is 5.26 Å². The van der Waals surface area contributed by atoms with Crippen molar-refractivity contribution in [1.82, 2.24) is 9.88 Å². The van der Waals surface area contributed by atoms with Crippen molar-refractivity contribution in [3.8, 4) is 6.07 Å². The second-order valence-corrected chi connectivity index (χ2v) is 5.85. The molecule has 23 heavy (non-hydrogen) atoms. The van der Waals surface area contributed by atoms with Crippen LogP contribution in [0, 0.1) is 11.3 Å². The summed E-state index contributed by atoms with van der Waals surface area (Å²) in [5.41, 5.74) is 3.87. The molecule has 0 bridgehead atoms. The monoisotopic (exact) mass is 310 g/mol. The highest BCUT2D eigenvalue weighted by Gasteiger charge is 2.21. The van der Waals surface area contributed by atoms with Crippen LogP contribution in [0.2, 0.25) is 0 Å². The molecular weight excluding hydrogens is 288 g/mol. The number of para-hydroxylation sites is 1. The molecule has 0 aliphatic carbocycles. The number of nitrogens with zero attached hydrogens (tertiary/aromatic N) is 4. The predicted octanol–water partition coefficient (Wildman–Crippen LogP) is 1.78. The number of fused-ring (bicyclic) bond motifs is 1. The fourth-order valence-corrected chi connectivity index (χ4v) is 3.31. The molecule has 1 saturated heterocycles. The predicted molar refractivity (Wildman–Crippen MR) is 91.6 cm³/mol. The van der Waals surface area contributed by atoms with Crippen LogP contribution in [-0.2, 0) is 6.42 Å². The van der Waals surface area contributed by atoms with Crippen molar-refractivity contribution in [1.29, 1.82) is 5.26 Å². The van der Waals surface area contributed by atoms with Crippen molar-refractivity contribution in [3.05, 3.63) is 35.5 Å². The summed E-state index contributed by atoms with van der Waals surface area (Å²) in [6.45, 7) is 6.58. The molecule has 0 radical (unpaired) electrons. The van der Waals surface area contributed by atoms with E-state index in [1.807, 2.05) is 0 Å². The van der Waals surface area contributed by atoms with E-state index in [9.17, 15) is 5.26 Å². The lowest BCUT2D eigenvalue weighted by Crippen LogP contribution is -2.47. The van der Waals surface area contributed by atoms with Crippen LogP contribution in [0.4, 0.5) is 5.69 Å². The Morgan fingerprint density at radius 2 is 2.04 bits per heavy atom. The summed E-state index contributed by atoms with van der Waals surface area (Å²) < 4.78 is 0. The van der Waals surface area contributed by atoms with E-state index in [0.717, 1.165) is 55.7 Å². The van der Waals surface area contributed by atoms with Gasteiger partial charge in [0.1, 0.15) is 6.07 Å². The Bertz CT molecular complexity index is 730. The number of aromatic nitrogens is 1. The van der Waals surface area contributed by atoms with Crippen molar-refractivity contribution in [2.75, 3.05) is 44.2 Å². The zero-order valence-electron chi connectivity index (χ0n) is 13.5. The summed E-state index contributed by atoms with van der Waals surface area (Å²) in [5.74, 6) is 0. The SMILES string of the molecule is CCc1cccc2c(N3CCN(CCO)CC3)c(C#N)cnc12. The Morgan fingerprint density at radius 3 is 2.70 bits per heavy atom. The Morgan fingerprint density at radius 1 is 1.26 bits per heavy atom. The van der Waals surface area contributed by atoms with Gasteiger partial charge in [0.2, 0.25) is 0 Å². The lowest BCUT2D eigenvalue weighted by molar-refractivity contribution is 0.189. The van der Waals surface area contributed by atoms with E-state index in [0.29, 0.717) is 5.56 Å². The third-order valence-corrected chi connectivity index (χ3v) is 4.56. The molecule has 1 aromatic carbocycles. The first-order valence-corrected chi connectivity index (χ1v) is 8.17. The van der Waals surface area contributed by atoms with Crippen molar-refractivity contribution < 1.29 is 5.11 Å². The summed E-state index contributed by atoms with van der Waals surface area (Å²) >= 11 is 0. The number of piperazine rings is 1. The third-order valence-electron chi connectivity index (χ3n) is 4.56. The maximum Gasteiger partial charge on any atom is 0.103 e. The van der Waals surface area contributed by atoms with Crippen LogP contribution < -0.4 is 4.90 Å². The van der Waals surface area contributed by atoms with Crippen LogP contribution in [0.1, 0.15) is 18.1 Å². The highest BCUT2D eigenvalue weighted by Crippen LogP contribution is 2.31. The van der Waals surface area contributed by atoms with Gasteiger partial charge in [0.25, 0.3) is 0 Å². The fourth-order valence-electron chi connectivity index (χ4n) is 3.31. The maximum atomic E-state index is 9.51. The molecule has 2 heterocycles. The van der Waals surface area contributed by atoms with Crippen LogP contribution in [0.5, 0.6) is 0 Å². The third kappa shape index (κ3) is 3.00. The number of aliphatic hydroxyl groups is 1. The Kier molecular flexibility index (Phi) is 4.75. The minimum absolute atomic E-state index is 0.196. The summed E-state index contributed by atoms with van der Waals surface area (Å²) in [6.07, 6.45) is 2.64. The molecular formula is C18H22N4O. The van der Waals surface area contributed by atoms with Gasteiger partial charge in [-0.15, -0.1) is 0 Å². The lowest BCUT2D eigenvalue weighted by atomic mass is 10.0. The average Bonchev–Trinajstić information content (AvgIpc) is 2.61. The first-order valence-electron chi connectivity index (χ1n) is 8.17. The average molecular weight is 310 g/mol. The van der Waals surface area contributed by atoms with Gasteiger partial charge in [-0.1, -0.05) is 25.1 Å². The molecule has 1 aliphatic rings. The molecule has 5 heteroatoms. The number of hydrogen-bond donors (Lipinski definition) is 1. The van der Waals surface area contributed by atoms with E-state index in [1.165, 1.54) is 5.56 Å². The highest BCUT2D eigenvalue weighted by atomic mass is 16.3. The molecule has 1 aliphatic heterocycles. The number of β-amino-alcohol motifs (C(OH)–C–C–N with tert-alkyl or cyclic N) is 1. The van der Waals surface area contributed by atoms with Gasteiger partial charge in [0.05, 0.1) is 23.4 Å². The number of aliphatic hydroxyl groups excluding tert-OH is 1. The molecule has 120 valence electrons. The lowest BCUT2D eigenvalue weighted by Gasteiger charge is -2.36. The standard InChI is InChI=1S/C18H22N4O/c1-2-14-4-3-5-16-17(14)20-13-15(12-19)18(16)22-8-6-21(7-9-22)10-11-23/h3-5,13,23H,2,6-11H2,1H3. The minimum atomic E-state index is 0.196. The van der Waals surface area contributed by atoms with Gasteiger partial charge >= 0.3 is 0 Å². The van der Waals surface area contributed by atoms with E-state index in [-0.39, 0.29) is 6.61 Å². The second kappa shape index (κ2) is 6.95. The summed E-state index contributed by atoms with van der Waals surface area (Å²) in [4.78, 5) is 9.07. The number of nitriles is 1. The number of benzene rings is 1. The van der Waals surface area contributed by atoms with Gasteiger partial charge in [-0.3, -0.25) is 9.88 Å². The normalized spacial score (nSPS) is 15.8. The van der Waals surface area contributed by atoms with Gasteiger partial charge in [0, 0.05) is 44.3 Å². The number of pyridine rings is 1. The molecule has 0 amide bonds. The second-order valence-electron chi connectivity index (χ2n) is 5.85.